The van der Waals surface area contributed by atoms with Crippen LogP contribution in [0, 0.1) is 0 Å². The first kappa shape index (κ1) is 7.76. The zero-order chi connectivity index (χ0) is 7.45. The number of ether oxygens (including phenoxy) is 1. The van der Waals surface area contributed by atoms with Crippen LogP contribution in [-0.2, 0) is 4.74 Å². The molecule has 1 N–H and O–H groups in total. The summed E-state index contributed by atoms with van der Waals surface area (Å²) < 4.78 is 5.07. The molecule has 10 heavy (non-hydrogen) atoms. The third kappa shape index (κ3) is 1.82. The Morgan fingerprint density at radius 3 is 3.00 bits per heavy atom. The molecule has 2 heteroatoms. The third-order valence-electron chi connectivity index (χ3n) is 1.82. The van der Waals surface area contributed by atoms with Crippen LogP contribution in [0.15, 0.2) is 12.2 Å². The second kappa shape index (κ2) is 3.17. The van der Waals surface area contributed by atoms with Crippen LogP contribution in [0.25, 0.3) is 0 Å². The molecule has 0 spiro atoms. The van der Waals surface area contributed by atoms with Gasteiger partial charge in [0, 0.05) is 13.0 Å². The van der Waals surface area contributed by atoms with Crippen molar-refractivity contribution < 1.29 is 9.84 Å². The second-order valence-electron chi connectivity index (χ2n) is 2.80. The summed E-state index contributed by atoms with van der Waals surface area (Å²) in [5.41, 5.74) is -0.563. The third-order valence-corrected chi connectivity index (χ3v) is 1.82. The van der Waals surface area contributed by atoms with Crippen LogP contribution in [0.3, 0.4) is 0 Å². The van der Waals surface area contributed by atoms with Gasteiger partial charge >= 0.3 is 0 Å². The van der Waals surface area contributed by atoms with Gasteiger partial charge in [-0.2, -0.15) is 0 Å². The topological polar surface area (TPSA) is 29.5 Å². The number of hydrogen-bond donors (Lipinski definition) is 1. The Bertz CT molecular complexity index is 123. The molecule has 1 atom stereocenters. The van der Waals surface area contributed by atoms with Gasteiger partial charge in [-0.1, -0.05) is 12.2 Å². The van der Waals surface area contributed by atoms with E-state index in [0.29, 0.717) is 13.2 Å². The van der Waals surface area contributed by atoms with Crippen molar-refractivity contribution in [2.45, 2.75) is 25.4 Å². The Labute approximate surface area is 61.5 Å². The maximum atomic E-state index is 9.65. The monoisotopic (exact) mass is 142 g/mol. The van der Waals surface area contributed by atoms with Gasteiger partial charge < -0.3 is 9.84 Å². The fraction of sp³-hybridized carbons (Fsp3) is 0.750. The molecule has 0 aliphatic carbocycles. The molecule has 0 aromatic carbocycles. The standard InChI is InChI=1S/C8H14O2/c1-2-3-4-8(9)5-6-10-7-8/h2-3,9H,4-7H2,1H3/b3-2-/t8-/m0/s1. The zero-order valence-electron chi connectivity index (χ0n) is 6.34. The fourth-order valence-corrected chi connectivity index (χ4v) is 1.09. The van der Waals surface area contributed by atoms with Crippen LogP contribution in [-0.4, -0.2) is 23.9 Å². The minimum Gasteiger partial charge on any atom is -0.387 e. The summed E-state index contributed by atoms with van der Waals surface area (Å²) in [6.45, 7) is 3.16. The summed E-state index contributed by atoms with van der Waals surface area (Å²) in [6.07, 6.45) is 5.44. The maximum absolute atomic E-state index is 9.65. The van der Waals surface area contributed by atoms with Crippen LogP contribution in [0.2, 0.25) is 0 Å². The van der Waals surface area contributed by atoms with E-state index in [-0.39, 0.29) is 0 Å². The number of aliphatic hydroxyl groups is 1. The van der Waals surface area contributed by atoms with E-state index in [9.17, 15) is 5.11 Å². The second-order valence-corrected chi connectivity index (χ2v) is 2.80. The number of allylic oxidation sites excluding steroid dienone is 1. The predicted octanol–water partition coefficient (Wildman–Crippen LogP) is 1.10. The van der Waals surface area contributed by atoms with Gasteiger partial charge in [0.2, 0.25) is 0 Å². The number of rotatable bonds is 2. The van der Waals surface area contributed by atoms with Crippen molar-refractivity contribution in [3.05, 3.63) is 12.2 Å². The van der Waals surface area contributed by atoms with E-state index < -0.39 is 5.60 Å². The average molecular weight is 142 g/mol. The molecule has 0 aromatic rings. The molecular formula is C8H14O2. The van der Waals surface area contributed by atoms with Gasteiger partial charge in [0.15, 0.2) is 0 Å². The van der Waals surface area contributed by atoms with Crippen molar-refractivity contribution in [3.63, 3.8) is 0 Å². The van der Waals surface area contributed by atoms with Crippen molar-refractivity contribution in [1.29, 1.82) is 0 Å². The smallest absolute Gasteiger partial charge is 0.0936 e. The Hall–Kier alpha value is -0.340. The zero-order valence-corrected chi connectivity index (χ0v) is 6.34. The number of hydrogen-bond acceptors (Lipinski definition) is 2. The molecule has 1 aliphatic heterocycles. The lowest BCUT2D eigenvalue weighted by molar-refractivity contribution is 0.0293. The van der Waals surface area contributed by atoms with Gasteiger partial charge in [-0.25, -0.2) is 0 Å². The molecule has 58 valence electrons. The Balaban J connectivity index is 2.35. The lowest BCUT2D eigenvalue weighted by Crippen LogP contribution is -2.27. The lowest BCUT2D eigenvalue weighted by Gasteiger charge is -2.17. The van der Waals surface area contributed by atoms with Crippen LogP contribution in [0.4, 0.5) is 0 Å². The van der Waals surface area contributed by atoms with Gasteiger partial charge in [0.1, 0.15) is 0 Å². The molecule has 1 aliphatic rings. The normalized spacial score (nSPS) is 33.8. The maximum Gasteiger partial charge on any atom is 0.0936 e. The highest BCUT2D eigenvalue weighted by atomic mass is 16.5. The highest BCUT2D eigenvalue weighted by Gasteiger charge is 2.30. The molecule has 0 bridgehead atoms. The molecule has 2 nitrogen and oxygen atoms in total. The molecule has 0 saturated carbocycles. The van der Waals surface area contributed by atoms with Gasteiger partial charge in [-0.3, -0.25) is 0 Å². The van der Waals surface area contributed by atoms with E-state index in [1.54, 1.807) is 0 Å². The van der Waals surface area contributed by atoms with E-state index >= 15 is 0 Å². The Kier molecular flexibility index (Phi) is 2.46. The molecule has 0 amide bonds. The minimum atomic E-state index is -0.563. The molecule has 1 saturated heterocycles. The quantitative estimate of drug-likeness (QED) is 0.585. The van der Waals surface area contributed by atoms with E-state index in [1.165, 1.54) is 0 Å². The molecule has 1 fully saturated rings. The van der Waals surface area contributed by atoms with Gasteiger partial charge in [-0.05, 0) is 13.3 Å². The van der Waals surface area contributed by atoms with Crippen LogP contribution in [0.5, 0.6) is 0 Å². The first-order valence-corrected chi connectivity index (χ1v) is 3.68. The minimum absolute atomic E-state index is 0.497. The molecule has 0 radical (unpaired) electrons. The van der Waals surface area contributed by atoms with Crippen molar-refractivity contribution in [1.82, 2.24) is 0 Å². The lowest BCUT2D eigenvalue weighted by atomic mass is 9.99. The van der Waals surface area contributed by atoms with Crippen molar-refractivity contribution in [2.75, 3.05) is 13.2 Å². The summed E-state index contributed by atoms with van der Waals surface area (Å²) in [5, 5.41) is 9.65. The van der Waals surface area contributed by atoms with Gasteiger partial charge in [0.05, 0.1) is 12.2 Å². The first-order valence-electron chi connectivity index (χ1n) is 3.68. The highest BCUT2D eigenvalue weighted by molar-refractivity contribution is 4.92. The van der Waals surface area contributed by atoms with E-state index in [2.05, 4.69) is 0 Å². The average Bonchev–Trinajstić information content (AvgIpc) is 2.33. The summed E-state index contributed by atoms with van der Waals surface area (Å²) in [4.78, 5) is 0. The van der Waals surface area contributed by atoms with Gasteiger partial charge in [-0.15, -0.1) is 0 Å². The van der Waals surface area contributed by atoms with E-state index in [0.717, 1.165) is 12.8 Å². The predicted molar refractivity (Wildman–Crippen MR) is 39.8 cm³/mol. The summed E-state index contributed by atoms with van der Waals surface area (Å²) in [6, 6.07) is 0. The summed E-state index contributed by atoms with van der Waals surface area (Å²) in [7, 11) is 0. The van der Waals surface area contributed by atoms with Gasteiger partial charge in [0.25, 0.3) is 0 Å². The van der Waals surface area contributed by atoms with Crippen molar-refractivity contribution in [2.24, 2.45) is 0 Å². The van der Waals surface area contributed by atoms with Crippen molar-refractivity contribution in [3.8, 4) is 0 Å². The highest BCUT2D eigenvalue weighted by Crippen LogP contribution is 2.22. The SMILES string of the molecule is C/C=C\C[C@]1(O)CCOC1. The van der Waals surface area contributed by atoms with Crippen LogP contribution >= 0.6 is 0 Å². The summed E-state index contributed by atoms with van der Waals surface area (Å²) >= 11 is 0. The molecule has 1 rings (SSSR count). The largest absolute Gasteiger partial charge is 0.387 e. The molecular weight excluding hydrogens is 128 g/mol. The fourth-order valence-electron chi connectivity index (χ4n) is 1.09. The van der Waals surface area contributed by atoms with Crippen LogP contribution in [0.1, 0.15) is 19.8 Å². The van der Waals surface area contributed by atoms with E-state index in [4.69, 9.17) is 4.74 Å². The molecule has 1 heterocycles. The summed E-state index contributed by atoms with van der Waals surface area (Å²) in [5.74, 6) is 0. The molecule has 0 aromatic heterocycles. The van der Waals surface area contributed by atoms with Crippen LogP contribution < -0.4 is 0 Å². The Morgan fingerprint density at radius 2 is 2.50 bits per heavy atom. The Morgan fingerprint density at radius 1 is 1.70 bits per heavy atom. The molecule has 0 unspecified atom stereocenters. The first-order chi connectivity index (χ1) is 4.77. The van der Waals surface area contributed by atoms with Crippen molar-refractivity contribution >= 4 is 0 Å². The van der Waals surface area contributed by atoms with E-state index in [1.807, 2.05) is 19.1 Å².